The second-order valence-corrected chi connectivity index (χ2v) is 5.89. The van der Waals surface area contributed by atoms with Crippen LogP contribution in [0.1, 0.15) is 55.8 Å². The van der Waals surface area contributed by atoms with E-state index in [0.717, 1.165) is 32.1 Å². The number of nitrogens with two attached hydrogens (primary N) is 1. The maximum atomic E-state index is 6.35. The van der Waals surface area contributed by atoms with E-state index in [2.05, 4.69) is 41.3 Å². The summed E-state index contributed by atoms with van der Waals surface area (Å²) in [5.74, 6) is 1.74. The highest BCUT2D eigenvalue weighted by Gasteiger charge is 2.36. The van der Waals surface area contributed by atoms with Crippen molar-refractivity contribution in [3.63, 3.8) is 0 Å². The minimum absolute atomic E-state index is 0.363. The predicted molar refractivity (Wildman–Crippen MR) is 77.2 cm³/mol. The van der Waals surface area contributed by atoms with Crippen LogP contribution in [0.2, 0.25) is 0 Å². The van der Waals surface area contributed by atoms with Crippen LogP contribution in [-0.2, 0) is 12.0 Å². The van der Waals surface area contributed by atoms with Gasteiger partial charge in [0.2, 0.25) is 5.89 Å². The molecule has 0 spiro atoms. The van der Waals surface area contributed by atoms with Gasteiger partial charge in [-0.2, -0.15) is 4.98 Å². The third-order valence-electron chi connectivity index (χ3n) is 4.26. The minimum atomic E-state index is -0.363. The number of hydrogen-bond donors (Lipinski definition) is 1. The summed E-state index contributed by atoms with van der Waals surface area (Å²) in [5.41, 5.74) is 7.27. The second-order valence-electron chi connectivity index (χ2n) is 5.89. The lowest BCUT2D eigenvalue weighted by Crippen LogP contribution is -2.34. The number of benzene rings is 1. The molecule has 1 unspecified atom stereocenters. The SMILES string of the molecule is CC(Cc1nc(C2(N)CCCC2)no1)c1ccccc1. The van der Waals surface area contributed by atoms with E-state index in [1.54, 1.807) is 0 Å². The van der Waals surface area contributed by atoms with Crippen LogP contribution in [0.3, 0.4) is 0 Å². The fourth-order valence-corrected chi connectivity index (χ4v) is 2.93. The van der Waals surface area contributed by atoms with Crippen molar-refractivity contribution in [3.05, 3.63) is 47.6 Å². The van der Waals surface area contributed by atoms with Gasteiger partial charge < -0.3 is 10.3 Å². The monoisotopic (exact) mass is 271 g/mol. The maximum absolute atomic E-state index is 6.35. The molecule has 0 saturated heterocycles. The molecule has 3 rings (SSSR count). The molecule has 106 valence electrons. The lowest BCUT2D eigenvalue weighted by molar-refractivity contribution is 0.345. The van der Waals surface area contributed by atoms with E-state index >= 15 is 0 Å². The van der Waals surface area contributed by atoms with Gasteiger partial charge in [-0.1, -0.05) is 55.3 Å². The molecule has 1 saturated carbocycles. The highest BCUT2D eigenvalue weighted by molar-refractivity contribution is 5.19. The van der Waals surface area contributed by atoms with Crippen molar-refractivity contribution in [1.29, 1.82) is 0 Å². The number of aromatic nitrogens is 2. The number of hydrogen-bond acceptors (Lipinski definition) is 4. The third kappa shape index (κ3) is 2.61. The molecule has 20 heavy (non-hydrogen) atoms. The first kappa shape index (κ1) is 13.3. The highest BCUT2D eigenvalue weighted by atomic mass is 16.5. The molecule has 0 bridgehead atoms. The molecule has 4 heteroatoms. The molecular weight excluding hydrogens is 250 g/mol. The first-order chi connectivity index (χ1) is 9.67. The molecule has 1 fully saturated rings. The third-order valence-corrected chi connectivity index (χ3v) is 4.26. The van der Waals surface area contributed by atoms with Crippen LogP contribution < -0.4 is 5.73 Å². The van der Waals surface area contributed by atoms with Gasteiger partial charge in [-0.15, -0.1) is 0 Å². The summed E-state index contributed by atoms with van der Waals surface area (Å²) < 4.78 is 5.39. The van der Waals surface area contributed by atoms with Gasteiger partial charge in [0.1, 0.15) is 0 Å². The summed E-state index contributed by atoms with van der Waals surface area (Å²) in [4.78, 5) is 4.53. The quantitative estimate of drug-likeness (QED) is 0.927. The largest absolute Gasteiger partial charge is 0.339 e. The Morgan fingerprint density at radius 3 is 2.65 bits per heavy atom. The van der Waals surface area contributed by atoms with Gasteiger partial charge in [-0.3, -0.25) is 0 Å². The summed E-state index contributed by atoms with van der Waals surface area (Å²) in [7, 11) is 0. The van der Waals surface area contributed by atoms with Crippen LogP contribution in [-0.4, -0.2) is 10.1 Å². The molecule has 0 aliphatic heterocycles. The van der Waals surface area contributed by atoms with Crippen molar-refractivity contribution < 1.29 is 4.52 Å². The van der Waals surface area contributed by atoms with E-state index in [-0.39, 0.29) is 5.54 Å². The van der Waals surface area contributed by atoms with Crippen LogP contribution >= 0.6 is 0 Å². The van der Waals surface area contributed by atoms with E-state index in [4.69, 9.17) is 10.3 Å². The Morgan fingerprint density at radius 2 is 1.95 bits per heavy atom. The Hall–Kier alpha value is -1.68. The van der Waals surface area contributed by atoms with Gasteiger partial charge in [-0.05, 0) is 24.3 Å². The van der Waals surface area contributed by atoms with Crippen molar-refractivity contribution in [3.8, 4) is 0 Å². The van der Waals surface area contributed by atoms with Gasteiger partial charge in [0.25, 0.3) is 0 Å². The van der Waals surface area contributed by atoms with Crippen molar-refractivity contribution >= 4 is 0 Å². The van der Waals surface area contributed by atoms with Gasteiger partial charge in [0.15, 0.2) is 5.82 Å². The first-order valence-corrected chi connectivity index (χ1v) is 7.34. The topological polar surface area (TPSA) is 64.9 Å². The highest BCUT2D eigenvalue weighted by Crippen LogP contribution is 2.34. The molecule has 1 atom stereocenters. The van der Waals surface area contributed by atoms with E-state index < -0.39 is 0 Å². The van der Waals surface area contributed by atoms with Crippen LogP contribution in [0, 0.1) is 0 Å². The zero-order valence-electron chi connectivity index (χ0n) is 11.9. The average Bonchev–Trinajstić information content (AvgIpc) is 3.10. The molecule has 4 nitrogen and oxygen atoms in total. The summed E-state index contributed by atoms with van der Waals surface area (Å²) in [5, 5.41) is 4.11. The zero-order chi connectivity index (χ0) is 14.0. The van der Waals surface area contributed by atoms with E-state index in [1.165, 1.54) is 5.56 Å². The Morgan fingerprint density at radius 1 is 1.25 bits per heavy atom. The normalized spacial score (nSPS) is 19.1. The maximum Gasteiger partial charge on any atom is 0.227 e. The molecular formula is C16H21N3O. The van der Waals surface area contributed by atoms with Crippen LogP contribution in [0.4, 0.5) is 0 Å². The summed E-state index contributed by atoms with van der Waals surface area (Å²) in [6.45, 7) is 2.17. The van der Waals surface area contributed by atoms with E-state index in [9.17, 15) is 0 Å². The zero-order valence-corrected chi connectivity index (χ0v) is 11.9. The fraction of sp³-hybridized carbons (Fsp3) is 0.500. The lowest BCUT2D eigenvalue weighted by atomic mass is 9.97. The molecule has 1 aliphatic carbocycles. The van der Waals surface area contributed by atoms with Crippen LogP contribution in [0.15, 0.2) is 34.9 Å². The number of rotatable bonds is 4. The minimum Gasteiger partial charge on any atom is -0.339 e. The van der Waals surface area contributed by atoms with Gasteiger partial charge in [0.05, 0.1) is 5.54 Å². The smallest absolute Gasteiger partial charge is 0.227 e. The molecule has 0 amide bonds. The average molecular weight is 271 g/mol. The van der Waals surface area contributed by atoms with Crippen molar-refractivity contribution in [1.82, 2.24) is 10.1 Å². The van der Waals surface area contributed by atoms with Crippen molar-refractivity contribution in [2.75, 3.05) is 0 Å². The van der Waals surface area contributed by atoms with Crippen LogP contribution in [0.25, 0.3) is 0 Å². The van der Waals surface area contributed by atoms with E-state index in [0.29, 0.717) is 17.6 Å². The molecule has 0 radical (unpaired) electrons. The second kappa shape index (κ2) is 5.37. The molecule has 1 heterocycles. The Balaban J connectivity index is 1.71. The van der Waals surface area contributed by atoms with Gasteiger partial charge in [-0.25, -0.2) is 0 Å². The number of nitrogens with zero attached hydrogens (tertiary/aromatic N) is 2. The molecule has 1 aromatic carbocycles. The fourth-order valence-electron chi connectivity index (χ4n) is 2.93. The predicted octanol–water partition coefficient (Wildman–Crippen LogP) is 3.14. The van der Waals surface area contributed by atoms with Gasteiger partial charge >= 0.3 is 0 Å². The Bertz CT molecular complexity index is 558. The van der Waals surface area contributed by atoms with Crippen molar-refractivity contribution in [2.45, 2.75) is 50.5 Å². The molecule has 2 N–H and O–H groups in total. The summed E-state index contributed by atoms with van der Waals surface area (Å²) in [6.07, 6.45) is 4.98. The van der Waals surface area contributed by atoms with Gasteiger partial charge in [0, 0.05) is 6.42 Å². The Kier molecular flexibility index (Phi) is 3.57. The Labute approximate surface area is 119 Å². The summed E-state index contributed by atoms with van der Waals surface area (Å²) in [6, 6.07) is 10.4. The molecule has 1 aromatic heterocycles. The first-order valence-electron chi connectivity index (χ1n) is 7.34. The van der Waals surface area contributed by atoms with E-state index in [1.807, 2.05) is 6.07 Å². The summed E-state index contributed by atoms with van der Waals surface area (Å²) >= 11 is 0. The van der Waals surface area contributed by atoms with Crippen molar-refractivity contribution in [2.24, 2.45) is 5.73 Å². The standard InChI is InChI=1S/C16H21N3O/c1-12(13-7-3-2-4-8-13)11-14-18-15(19-20-14)16(17)9-5-6-10-16/h2-4,7-8,12H,5-6,9-11,17H2,1H3. The van der Waals surface area contributed by atoms with Crippen LogP contribution in [0.5, 0.6) is 0 Å². The molecule has 1 aliphatic rings. The molecule has 2 aromatic rings. The lowest BCUT2D eigenvalue weighted by Gasteiger charge is -2.17.